The third-order valence-corrected chi connectivity index (χ3v) is 5.29. The Bertz CT molecular complexity index is 713. The number of rotatable bonds is 10. The molecule has 0 bridgehead atoms. The van der Waals surface area contributed by atoms with E-state index in [-0.39, 0.29) is 35.9 Å². The minimum atomic E-state index is -0.252. The smallest absolute Gasteiger partial charge is 0.276 e. The van der Waals surface area contributed by atoms with Crippen molar-refractivity contribution in [2.24, 2.45) is 0 Å². The van der Waals surface area contributed by atoms with Crippen LogP contribution in [0.5, 0.6) is 0 Å². The Kier molecular flexibility index (Phi) is 7.62. The van der Waals surface area contributed by atoms with Crippen LogP contribution in [0.1, 0.15) is 54.8 Å². The van der Waals surface area contributed by atoms with Crippen molar-refractivity contribution in [1.29, 1.82) is 0 Å². The van der Waals surface area contributed by atoms with E-state index in [0.29, 0.717) is 45.0 Å². The molecule has 2 saturated heterocycles. The van der Waals surface area contributed by atoms with Gasteiger partial charge in [0, 0.05) is 58.2 Å². The van der Waals surface area contributed by atoms with Crippen molar-refractivity contribution in [1.82, 2.24) is 20.3 Å². The van der Waals surface area contributed by atoms with Gasteiger partial charge in [0.2, 0.25) is 11.8 Å². The standard InChI is InChI=1S/C20H30N4O5/c1-15-13-17(22-29-15)20(27)24(14-16-5-3-12-28-16)11-7-18(25)21-8-4-10-23-9-2-6-19(23)26/h13,16H,2-12,14H2,1H3,(H,21,25). The molecule has 0 aliphatic carbocycles. The van der Waals surface area contributed by atoms with Gasteiger partial charge in [-0.1, -0.05) is 5.16 Å². The van der Waals surface area contributed by atoms with E-state index in [1.807, 2.05) is 4.90 Å². The van der Waals surface area contributed by atoms with E-state index in [1.165, 1.54) is 0 Å². The summed E-state index contributed by atoms with van der Waals surface area (Å²) in [7, 11) is 0. The maximum atomic E-state index is 12.8. The second kappa shape index (κ2) is 10.4. The zero-order chi connectivity index (χ0) is 20.6. The summed E-state index contributed by atoms with van der Waals surface area (Å²) in [6, 6.07) is 1.60. The molecule has 1 aromatic heterocycles. The van der Waals surface area contributed by atoms with Crippen LogP contribution in [-0.4, -0.2) is 78.1 Å². The van der Waals surface area contributed by atoms with Gasteiger partial charge in [0.15, 0.2) is 5.69 Å². The number of nitrogens with one attached hydrogen (secondary N) is 1. The lowest BCUT2D eigenvalue weighted by Gasteiger charge is -2.24. The van der Waals surface area contributed by atoms with Gasteiger partial charge in [-0.2, -0.15) is 0 Å². The molecule has 9 nitrogen and oxygen atoms in total. The number of amides is 3. The molecule has 3 rings (SSSR count). The number of likely N-dealkylation sites (tertiary alicyclic amines) is 1. The van der Waals surface area contributed by atoms with E-state index in [2.05, 4.69) is 10.5 Å². The fraction of sp³-hybridized carbons (Fsp3) is 0.700. The molecule has 3 amide bonds. The summed E-state index contributed by atoms with van der Waals surface area (Å²) in [6.45, 7) is 5.18. The summed E-state index contributed by atoms with van der Waals surface area (Å²) < 4.78 is 10.7. The summed E-state index contributed by atoms with van der Waals surface area (Å²) in [5, 5.41) is 6.68. The molecular formula is C20H30N4O5. The first-order chi connectivity index (χ1) is 14.0. The zero-order valence-electron chi connectivity index (χ0n) is 17.0. The molecule has 0 saturated carbocycles. The predicted molar refractivity (Wildman–Crippen MR) is 104 cm³/mol. The topological polar surface area (TPSA) is 105 Å². The quantitative estimate of drug-likeness (QED) is 0.584. The van der Waals surface area contributed by atoms with E-state index >= 15 is 0 Å². The number of carbonyl (C=O) groups is 3. The van der Waals surface area contributed by atoms with E-state index < -0.39 is 0 Å². The highest BCUT2D eigenvalue weighted by molar-refractivity contribution is 5.92. The monoisotopic (exact) mass is 406 g/mol. The normalized spacial score (nSPS) is 19.0. The van der Waals surface area contributed by atoms with Gasteiger partial charge in [-0.3, -0.25) is 14.4 Å². The zero-order valence-corrected chi connectivity index (χ0v) is 17.0. The average Bonchev–Trinajstić information content (AvgIpc) is 3.45. The lowest BCUT2D eigenvalue weighted by Crippen LogP contribution is -2.40. The molecule has 2 aliphatic heterocycles. The van der Waals surface area contributed by atoms with Crippen molar-refractivity contribution in [3.8, 4) is 0 Å². The first kappa shape index (κ1) is 21.3. The molecule has 160 valence electrons. The van der Waals surface area contributed by atoms with Gasteiger partial charge in [-0.15, -0.1) is 0 Å². The lowest BCUT2D eigenvalue weighted by atomic mass is 10.2. The van der Waals surface area contributed by atoms with Crippen molar-refractivity contribution in [3.05, 3.63) is 17.5 Å². The summed E-state index contributed by atoms with van der Waals surface area (Å²) >= 11 is 0. The minimum absolute atomic E-state index is 0.00647. The van der Waals surface area contributed by atoms with Gasteiger partial charge in [-0.25, -0.2) is 0 Å². The van der Waals surface area contributed by atoms with E-state index in [0.717, 1.165) is 32.2 Å². The Labute approximate surface area is 170 Å². The van der Waals surface area contributed by atoms with Crippen LogP contribution in [-0.2, 0) is 14.3 Å². The van der Waals surface area contributed by atoms with Crippen molar-refractivity contribution in [2.75, 3.05) is 39.3 Å². The van der Waals surface area contributed by atoms with Gasteiger partial charge in [0.25, 0.3) is 5.91 Å². The lowest BCUT2D eigenvalue weighted by molar-refractivity contribution is -0.127. The Hall–Kier alpha value is -2.42. The molecule has 29 heavy (non-hydrogen) atoms. The van der Waals surface area contributed by atoms with E-state index in [1.54, 1.807) is 17.9 Å². The summed E-state index contributed by atoms with van der Waals surface area (Å²) in [5.41, 5.74) is 0.246. The van der Waals surface area contributed by atoms with Crippen molar-refractivity contribution < 1.29 is 23.6 Å². The molecule has 0 spiro atoms. The second-order valence-electron chi connectivity index (χ2n) is 7.65. The molecule has 2 aliphatic rings. The third-order valence-electron chi connectivity index (χ3n) is 5.29. The molecule has 9 heteroatoms. The number of ether oxygens (including phenoxy) is 1. The molecule has 2 fully saturated rings. The fourth-order valence-corrected chi connectivity index (χ4v) is 3.70. The van der Waals surface area contributed by atoms with Crippen LogP contribution in [0.2, 0.25) is 0 Å². The average molecular weight is 406 g/mol. The number of hydrogen-bond donors (Lipinski definition) is 1. The highest BCUT2D eigenvalue weighted by Gasteiger charge is 2.25. The number of carbonyl (C=O) groups excluding carboxylic acids is 3. The Balaban J connectivity index is 1.43. The first-order valence-corrected chi connectivity index (χ1v) is 10.4. The van der Waals surface area contributed by atoms with Crippen LogP contribution in [0.4, 0.5) is 0 Å². The molecule has 1 unspecified atom stereocenters. The Morgan fingerprint density at radius 2 is 2.24 bits per heavy atom. The SMILES string of the molecule is Cc1cc(C(=O)N(CCC(=O)NCCCN2CCCC2=O)CC2CCCO2)no1. The van der Waals surface area contributed by atoms with Crippen LogP contribution < -0.4 is 5.32 Å². The molecule has 3 heterocycles. The van der Waals surface area contributed by atoms with Gasteiger partial charge >= 0.3 is 0 Å². The van der Waals surface area contributed by atoms with Crippen LogP contribution in [0.3, 0.4) is 0 Å². The molecule has 0 radical (unpaired) electrons. The minimum Gasteiger partial charge on any atom is -0.376 e. The molecule has 1 atom stereocenters. The maximum absolute atomic E-state index is 12.8. The largest absolute Gasteiger partial charge is 0.376 e. The van der Waals surface area contributed by atoms with Crippen LogP contribution in [0, 0.1) is 6.92 Å². The molecule has 0 aromatic carbocycles. The van der Waals surface area contributed by atoms with Crippen LogP contribution >= 0.6 is 0 Å². The number of nitrogens with zero attached hydrogens (tertiary/aromatic N) is 3. The van der Waals surface area contributed by atoms with Gasteiger partial charge in [-0.05, 0) is 32.6 Å². The summed E-state index contributed by atoms with van der Waals surface area (Å²) in [4.78, 5) is 40.0. The third kappa shape index (κ3) is 6.28. The molecule has 1 N–H and O–H groups in total. The van der Waals surface area contributed by atoms with E-state index in [4.69, 9.17) is 9.26 Å². The molecule has 1 aromatic rings. The summed E-state index contributed by atoms with van der Waals surface area (Å²) in [6.07, 6.45) is 4.37. The van der Waals surface area contributed by atoms with E-state index in [9.17, 15) is 14.4 Å². The second-order valence-corrected chi connectivity index (χ2v) is 7.65. The van der Waals surface area contributed by atoms with Crippen molar-refractivity contribution >= 4 is 17.7 Å². The fourth-order valence-electron chi connectivity index (χ4n) is 3.70. The van der Waals surface area contributed by atoms with Gasteiger partial charge < -0.3 is 24.4 Å². The maximum Gasteiger partial charge on any atom is 0.276 e. The summed E-state index contributed by atoms with van der Waals surface area (Å²) in [5.74, 6) is 0.402. The first-order valence-electron chi connectivity index (χ1n) is 10.4. The highest BCUT2D eigenvalue weighted by atomic mass is 16.5. The number of hydrogen-bond acceptors (Lipinski definition) is 6. The van der Waals surface area contributed by atoms with Gasteiger partial charge in [0.1, 0.15) is 5.76 Å². The Morgan fingerprint density at radius 3 is 2.90 bits per heavy atom. The predicted octanol–water partition coefficient (Wildman–Crippen LogP) is 1.12. The Morgan fingerprint density at radius 1 is 1.38 bits per heavy atom. The van der Waals surface area contributed by atoms with Crippen molar-refractivity contribution in [3.63, 3.8) is 0 Å². The number of aromatic nitrogens is 1. The van der Waals surface area contributed by atoms with Gasteiger partial charge in [0.05, 0.1) is 6.10 Å². The van der Waals surface area contributed by atoms with Crippen molar-refractivity contribution in [2.45, 2.75) is 51.6 Å². The highest BCUT2D eigenvalue weighted by Crippen LogP contribution is 2.16. The van der Waals surface area contributed by atoms with Crippen LogP contribution in [0.25, 0.3) is 0 Å². The number of aryl methyl sites for hydroxylation is 1. The molecular weight excluding hydrogens is 376 g/mol. The van der Waals surface area contributed by atoms with Crippen LogP contribution in [0.15, 0.2) is 10.6 Å².